The van der Waals surface area contributed by atoms with E-state index in [4.69, 9.17) is 40.5 Å². The zero-order valence-electron chi connectivity index (χ0n) is 23.4. The normalized spacial score (nSPS) is 14.6. The van der Waals surface area contributed by atoms with Crippen LogP contribution in [0.5, 0.6) is 0 Å². The van der Waals surface area contributed by atoms with E-state index in [1.165, 1.54) is 11.3 Å². The Hall–Kier alpha value is -2.91. The van der Waals surface area contributed by atoms with Crippen molar-refractivity contribution in [3.05, 3.63) is 104 Å². The maximum atomic E-state index is 14.2. The number of piperidine rings is 1. The maximum Gasteiger partial charge on any atom is 0.264 e. The zero-order chi connectivity index (χ0) is 30.6. The predicted molar refractivity (Wildman–Crippen MR) is 176 cm³/mol. The summed E-state index contributed by atoms with van der Waals surface area (Å²) in [7, 11) is 0. The number of primary amides is 1. The van der Waals surface area contributed by atoms with Gasteiger partial charge in [0.15, 0.2) is 0 Å². The zero-order valence-corrected chi connectivity index (χ0v) is 26.5. The molecule has 4 N–H and O–H groups in total. The summed E-state index contributed by atoms with van der Waals surface area (Å²) in [5.74, 6) is -0.536. The first-order valence-corrected chi connectivity index (χ1v) is 16.0. The molecule has 0 spiro atoms. The fourth-order valence-electron chi connectivity index (χ4n) is 5.53. The molecule has 0 aliphatic carbocycles. The van der Waals surface area contributed by atoms with E-state index in [1.807, 2.05) is 60.7 Å². The molecule has 2 heterocycles. The number of likely N-dealkylation sites (tertiary alicyclic amines) is 1. The fraction of sp³-hybridized carbons (Fsp3) is 0.273. The smallest absolute Gasteiger partial charge is 0.264 e. The van der Waals surface area contributed by atoms with E-state index in [2.05, 4.69) is 5.32 Å². The molecular formula is C33H32Cl3N3O3S. The van der Waals surface area contributed by atoms with Crippen molar-refractivity contribution in [1.82, 2.24) is 10.2 Å². The second-order valence-corrected chi connectivity index (χ2v) is 13.0. The molecule has 3 aromatic carbocycles. The van der Waals surface area contributed by atoms with Crippen molar-refractivity contribution in [2.24, 2.45) is 5.73 Å². The highest BCUT2D eigenvalue weighted by atomic mass is 35.5. The number of nitrogens with one attached hydrogen (secondary N) is 1. The average molecular weight is 657 g/mol. The maximum absolute atomic E-state index is 14.2. The van der Waals surface area contributed by atoms with Gasteiger partial charge in [-0.25, -0.2) is 0 Å². The number of aliphatic hydroxyl groups excluding tert-OH is 1. The quantitative estimate of drug-likeness (QED) is 0.168. The van der Waals surface area contributed by atoms with Gasteiger partial charge in [-0.2, -0.15) is 0 Å². The molecule has 1 fully saturated rings. The number of halogens is 3. The molecule has 0 bridgehead atoms. The van der Waals surface area contributed by atoms with E-state index in [-0.39, 0.29) is 12.5 Å². The highest BCUT2D eigenvalue weighted by Crippen LogP contribution is 2.47. The Morgan fingerprint density at radius 1 is 0.953 bits per heavy atom. The van der Waals surface area contributed by atoms with Crippen molar-refractivity contribution < 1.29 is 14.7 Å². The molecule has 1 aliphatic heterocycles. The topological polar surface area (TPSA) is 95.7 Å². The molecule has 6 nitrogen and oxygen atoms in total. The minimum Gasteiger partial charge on any atom is -0.396 e. The van der Waals surface area contributed by atoms with Crippen molar-refractivity contribution in [3.8, 4) is 21.6 Å². The van der Waals surface area contributed by atoms with Gasteiger partial charge < -0.3 is 15.7 Å². The summed E-state index contributed by atoms with van der Waals surface area (Å²) in [5.41, 5.74) is 9.45. The van der Waals surface area contributed by atoms with Crippen LogP contribution in [-0.4, -0.2) is 47.1 Å². The number of nitrogens with two attached hydrogens (primary N) is 1. The van der Waals surface area contributed by atoms with Gasteiger partial charge in [-0.1, -0.05) is 83.3 Å². The molecular weight excluding hydrogens is 625 g/mol. The van der Waals surface area contributed by atoms with Crippen LogP contribution in [0.25, 0.3) is 21.6 Å². The Labute approximate surface area is 270 Å². The van der Waals surface area contributed by atoms with Crippen LogP contribution >= 0.6 is 46.1 Å². The van der Waals surface area contributed by atoms with Crippen molar-refractivity contribution in [1.29, 1.82) is 0 Å². The van der Waals surface area contributed by atoms with Crippen LogP contribution in [0.1, 0.15) is 40.1 Å². The fourth-order valence-corrected chi connectivity index (χ4v) is 7.59. The van der Waals surface area contributed by atoms with Gasteiger partial charge in [-0.3, -0.25) is 14.9 Å². The molecule has 1 saturated heterocycles. The lowest BCUT2D eigenvalue weighted by Crippen LogP contribution is -2.61. The highest BCUT2D eigenvalue weighted by Gasteiger charge is 2.41. The van der Waals surface area contributed by atoms with E-state index in [1.54, 1.807) is 17.0 Å². The summed E-state index contributed by atoms with van der Waals surface area (Å²) < 4.78 is 0. The number of benzene rings is 3. The third-order valence-corrected chi connectivity index (χ3v) is 10.00. The van der Waals surface area contributed by atoms with Crippen LogP contribution in [0, 0.1) is 0 Å². The molecule has 5 rings (SSSR count). The third kappa shape index (κ3) is 6.93. The van der Waals surface area contributed by atoms with Crippen LogP contribution in [0.2, 0.25) is 15.1 Å². The van der Waals surface area contributed by atoms with Gasteiger partial charge in [-0.15, -0.1) is 11.3 Å². The summed E-state index contributed by atoms with van der Waals surface area (Å²) in [6.07, 6.45) is 1.78. The Balaban J connectivity index is 1.50. The van der Waals surface area contributed by atoms with E-state index in [0.29, 0.717) is 65.3 Å². The average Bonchev–Trinajstić information content (AvgIpc) is 3.38. The molecule has 0 unspecified atom stereocenters. The monoisotopic (exact) mass is 655 g/mol. The summed E-state index contributed by atoms with van der Waals surface area (Å²) in [6.45, 7) is 1.23. The lowest BCUT2D eigenvalue weighted by molar-refractivity contribution is -0.126. The van der Waals surface area contributed by atoms with Crippen LogP contribution in [0.4, 0.5) is 0 Å². The van der Waals surface area contributed by atoms with E-state index in [0.717, 1.165) is 32.7 Å². The van der Waals surface area contributed by atoms with Crippen molar-refractivity contribution in [3.63, 3.8) is 0 Å². The minimum absolute atomic E-state index is 0.0154. The molecule has 0 saturated carbocycles. The molecule has 0 radical (unpaired) electrons. The molecule has 224 valence electrons. The van der Waals surface area contributed by atoms with Crippen molar-refractivity contribution in [2.75, 3.05) is 19.7 Å². The summed E-state index contributed by atoms with van der Waals surface area (Å²) >= 11 is 20.5. The largest absolute Gasteiger partial charge is 0.396 e. The SMILES string of the molecule is NC(=O)C1(NCc2ccccc2)CCN(C(=O)c2sc(-c3ccc(Cl)cc3Cl)c(-c3ccc(Cl)cc3)c2CCCO)CC1. The Morgan fingerprint density at radius 2 is 1.63 bits per heavy atom. The van der Waals surface area contributed by atoms with Crippen molar-refractivity contribution >= 4 is 58.0 Å². The summed E-state index contributed by atoms with van der Waals surface area (Å²) in [6, 6.07) is 22.6. The molecule has 0 atom stereocenters. The number of carbonyl (C=O) groups is 2. The number of hydrogen-bond donors (Lipinski definition) is 3. The number of carbonyl (C=O) groups excluding carboxylic acids is 2. The number of thiophene rings is 1. The number of amides is 2. The summed E-state index contributed by atoms with van der Waals surface area (Å²) in [4.78, 5) is 30.1. The lowest BCUT2D eigenvalue weighted by atomic mass is 9.86. The van der Waals surface area contributed by atoms with Gasteiger partial charge in [0.05, 0.1) is 9.90 Å². The first kappa shape index (κ1) is 31.5. The highest BCUT2D eigenvalue weighted by molar-refractivity contribution is 7.18. The molecule has 10 heteroatoms. The van der Waals surface area contributed by atoms with Gasteiger partial charge in [0.1, 0.15) is 5.54 Å². The van der Waals surface area contributed by atoms with E-state index in [9.17, 15) is 14.7 Å². The minimum atomic E-state index is -0.905. The molecule has 1 aromatic heterocycles. The van der Waals surface area contributed by atoms with Crippen LogP contribution in [0.3, 0.4) is 0 Å². The summed E-state index contributed by atoms with van der Waals surface area (Å²) in [5, 5.41) is 14.7. The van der Waals surface area contributed by atoms with Gasteiger partial charge in [-0.05, 0) is 66.6 Å². The second-order valence-electron chi connectivity index (χ2n) is 10.6. The number of rotatable bonds is 10. The van der Waals surface area contributed by atoms with Gasteiger partial charge in [0.2, 0.25) is 5.91 Å². The van der Waals surface area contributed by atoms with Crippen molar-refractivity contribution in [2.45, 2.75) is 37.8 Å². The van der Waals surface area contributed by atoms with Gasteiger partial charge in [0.25, 0.3) is 5.91 Å². The van der Waals surface area contributed by atoms with E-state index < -0.39 is 11.4 Å². The second kappa shape index (κ2) is 13.8. The lowest BCUT2D eigenvalue weighted by Gasteiger charge is -2.40. The number of nitrogens with zero attached hydrogens (tertiary/aromatic N) is 1. The van der Waals surface area contributed by atoms with Crippen LogP contribution in [0.15, 0.2) is 72.8 Å². The first-order chi connectivity index (χ1) is 20.7. The van der Waals surface area contributed by atoms with Crippen LogP contribution < -0.4 is 11.1 Å². The molecule has 4 aromatic rings. The first-order valence-electron chi connectivity index (χ1n) is 14.1. The van der Waals surface area contributed by atoms with Gasteiger partial charge in [0, 0.05) is 52.3 Å². The molecule has 2 amide bonds. The number of aliphatic hydroxyl groups is 1. The third-order valence-electron chi connectivity index (χ3n) is 7.94. The Morgan fingerprint density at radius 3 is 2.26 bits per heavy atom. The molecule has 43 heavy (non-hydrogen) atoms. The van der Waals surface area contributed by atoms with E-state index >= 15 is 0 Å². The molecule has 1 aliphatic rings. The van der Waals surface area contributed by atoms with Crippen LogP contribution in [-0.2, 0) is 17.8 Å². The number of hydrogen-bond acceptors (Lipinski definition) is 5. The predicted octanol–water partition coefficient (Wildman–Crippen LogP) is 7.22. The standard InChI is InChI=1S/C33H32Cl3N3O3S/c34-23-10-8-22(9-11-23)28-26(7-4-18-40)30(43-29(28)25-13-12-24(35)19-27(25)36)31(41)39-16-14-33(15-17-39,32(37)42)38-20-21-5-2-1-3-6-21/h1-3,5-6,8-13,19,38,40H,4,7,14-18,20H2,(H2,37,42). The Bertz CT molecular complexity index is 1600. The van der Waals surface area contributed by atoms with Gasteiger partial charge >= 0.3 is 0 Å². The Kier molecular flexibility index (Phi) is 10.1.